The van der Waals surface area contributed by atoms with Gasteiger partial charge in [-0.3, -0.25) is 0 Å². The predicted molar refractivity (Wildman–Crippen MR) is 133 cm³/mol. The normalized spacial score (nSPS) is 12.6. The van der Waals surface area contributed by atoms with E-state index >= 15 is 0 Å². The minimum absolute atomic E-state index is 0.487. The van der Waals surface area contributed by atoms with Crippen molar-refractivity contribution >= 4 is 40.1 Å². The molecule has 0 aliphatic heterocycles. The van der Waals surface area contributed by atoms with Crippen LogP contribution in [0.3, 0.4) is 0 Å². The maximum Gasteiger partial charge on any atom is 0.0910 e. The van der Waals surface area contributed by atoms with Crippen molar-refractivity contribution in [2.24, 2.45) is 0 Å². The van der Waals surface area contributed by atoms with Gasteiger partial charge in [-0.05, 0) is 33.3 Å². The second kappa shape index (κ2) is 10.4. The van der Waals surface area contributed by atoms with Crippen LogP contribution in [-0.4, -0.2) is 17.6 Å². The fraction of sp³-hybridized carbons (Fsp3) is 0.462. The molecule has 0 fully saturated rings. The summed E-state index contributed by atoms with van der Waals surface area (Å²) in [7, 11) is -0.974. The van der Waals surface area contributed by atoms with Crippen LogP contribution in [0.25, 0.3) is 12.2 Å². The fourth-order valence-electron chi connectivity index (χ4n) is 4.43. The van der Waals surface area contributed by atoms with Gasteiger partial charge in [-0.2, -0.15) is 0 Å². The van der Waals surface area contributed by atoms with Gasteiger partial charge in [0.15, 0.2) is 0 Å². The van der Waals surface area contributed by atoms with E-state index in [0.29, 0.717) is 0 Å². The van der Waals surface area contributed by atoms with Crippen LogP contribution in [0.1, 0.15) is 66.5 Å². The van der Waals surface area contributed by atoms with Gasteiger partial charge in [-0.1, -0.05) is 126 Å². The van der Waals surface area contributed by atoms with Crippen molar-refractivity contribution < 1.29 is 0 Å². The highest BCUT2D eigenvalue weighted by atomic mass is 28.3. The van der Waals surface area contributed by atoms with Crippen molar-refractivity contribution in [2.45, 2.75) is 77.6 Å². The van der Waals surface area contributed by atoms with Crippen LogP contribution in [0, 0.1) is 0 Å². The molecule has 150 valence electrons. The Balaban J connectivity index is 2.11. The van der Waals surface area contributed by atoms with Crippen LogP contribution in [0.5, 0.6) is 0 Å². The molecule has 28 heavy (non-hydrogen) atoms. The van der Waals surface area contributed by atoms with Crippen LogP contribution in [0.15, 0.2) is 48.5 Å². The van der Waals surface area contributed by atoms with Gasteiger partial charge in [0.1, 0.15) is 0 Å². The third-order valence-corrected chi connectivity index (χ3v) is 12.4. The van der Waals surface area contributed by atoms with Crippen molar-refractivity contribution in [3.63, 3.8) is 0 Å². The summed E-state index contributed by atoms with van der Waals surface area (Å²) < 4.78 is 0. The molecule has 0 spiro atoms. The SMILES string of the molecule is CC(C)[Si](c1ccc(/C=C/c2ccc([Si](C(C)C)C(C)C)cc2)cc1)C(C)C. The van der Waals surface area contributed by atoms with Gasteiger partial charge in [0, 0.05) is 0 Å². The largest absolute Gasteiger partial charge is 0.0910 e. The third kappa shape index (κ3) is 6.05. The zero-order chi connectivity index (χ0) is 20.8. The predicted octanol–water partition coefficient (Wildman–Crippen LogP) is 6.90. The molecule has 0 saturated carbocycles. The van der Waals surface area contributed by atoms with Crippen molar-refractivity contribution in [1.82, 2.24) is 0 Å². The fourth-order valence-corrected chi connectivity index (χ4v) is 10.9. The first-order valence-electron chi connectivity index (χ1n) is 10.8. The van der Waals surface area contributed by atoms with Crippen LogP contribution < -0.4 is 10.4 Å². The van der Waals surface area contributed by atoms with Crippen molar-refractivity contribution in [3.05, 3.63) is 59.7 Å². The highest BCUT2D eigenvalue weighted by molar-refractivity contribution is 6.76. The van der Waals surface area contributed by atoms with E-state index < -0.39 is 17.6 Å². The van der Waals surface area contributed by atoms with E-state index in [2.05, 4.69) is 116 Å². The summed E-state index contributed by atoms with van der Waals surface area (Å²) in [5.74, 6) is 0. The lowest BCUT2D eigenvalue weighted by Crippen LogP contribution is -2.35. The topological polar surface area (TPSA) is 0 Å². The molecule has 0 unspecified atom stereocenters. The van der Waals surface area contributed by atoms with E-state index in [1.54, 1.807) is 10.4 Å². The molecule has 2 heteroatoms. The van der Waals surface area contributed by atoms with Crippen LogP contribution >= 0.6 is 0 Å². The Morgan fingerprint density at radius 3 is 0.929 bits per heavy atom. The lowest BCUT2D eigenvalue weighted by molar-refractivity contribution is 0.951. The summed E-state index contributed by atoms with van der Waals surface area (Å²) in [6.45, 7) is 19.0. The molecule has 0 aliphatic carbocycles. The van der Waals surface area contributed by atoms with Gasteiger partial charge in [-0.15, -0.1) is 0 Å². The summed E-state index contributed by atoms with van der Waals surface area (Å²) in [6, 6.07) is 18.6. The van der Waals surface area contributed by atoms with E-state index in [1.807, 2.05) is 0 Å². The molecule has 0 aliphatic rings. The maximum atomic E-state index is 2.37. The summed E-state index contributed by atoms with van der Waals surface area (Å²) >= 11 is 0. The lowest BCUT2D eigenvalue weighted by Gasteiger charge is -2.23. The summed E-state index contributed by atoms with van der Waals surface area (Å²) in [5, 5.41) is 3.13. The maximum absolute atomic E-state index is 2.37. The Labute approximate surface area is 177 Å². The Morgan fingerprint density at radius 2 is 0.714 bits per heavy atom. The Hall–Kier alpha value is -1.39. The van der Waals surface area contributed by atoms with Crippen LogP contribution in [0.4, 0.5) is 0 Å². The molecule has 2 aromatic carbocycles. The minimum atomic E-state index is -0.487. The minimum Gasteiger partial charge on any atom is -0.0650 e. The van der Waals surface area contributed by atoms with E-state index in [1.165, 1.54) is 11.1 Å². The molecule has 0 heterocycles. The van der Waals surface area contributed by atoms with Gasteiger partial charge in [-0.25, -0.2) is 0 Å². The molecule has 0 N–H and O–H groups in total. The van der Waals surface area contributed by atoms with Crippen molar-refractivity contribution in [1.29, 1.82) is 0 Å². The first-order chi connectivity index (χ1) is 13.2. The standard InChI is InChI=1S/C26H38Si2/c1-19(2)27(20(3)4)25-15-11-23(12-16-25)9-10-24-13-17-26(18-14-24)28(21(5)6)22(7)8/h9-22H,1-8H3/b10-9+. The average Bonchev–Trinajstić information content (AvgIpc) is 2.61. The van der Waals surface area contributed by atoms with Crippen molar-refractivity contribution in [3.8, 4) is 0 Å². The highest BCUT2D eigenvalue weighted by Gasteiger charge is 2.22. The molecule has 2 rings (SSSR count). The Morgan fingerprint density at radius 1 is 0.464 bits per heavy atom. The summed E-state index contributed by atoms with van der Waals surface area (Å²) in [5.41, 5.74) is 5.66. The zero-order valence-corrected chi connectivity index (χ0v) is 21.1. The number of hydrogen-bond donors (Lipinski definition) is 0. The average molecular weight is 407 g/mol. The smallest absolute Gasteiger partial charge is 0.0650 e. The van der Waals surface area contributed by atoms with Gasteiger partial charge in [0.05, 0.1) is 17.6 Å². The molecule has 0 atom stereocenters. The molecular formula is C26H38Si2. The second-order valence-electron chi connectivity index (χ2n) is 9.11. The van der Waals surface area contributed by atoms with E-state index in [9.17, 15) is 0 Å². The summed E-state index contributed by atoms with van der Waals surface area (Å²) in [6.07, 6.45) is 4.49. The molecule has 2 radical (unpaired) electrons. The Bertz CT molecular complexity index is 656. The second-order valence-corrected chi connectivity index (χ2v) is 16.7. The van der Waals surface area contributed by atoms with Gasteiger partial charge in [0.25, 0.3) is 0 Å². The molecule has 2 aromatic rings. The lowest BCUT2D eigenvalue weighted by atomic mass is 10.1. The Kier molecular flexibility index (Phi) is 8.51. The van der Waals surface area contributed by atoms with E-state index in [0.717, 1.165) is 22.2 Å². The molecule has 0 nitrogen and oxygen atoms in total. The molecular weight excluding hydrogens is 368 g/mol. The van der Waals surface area contributed by atoms with Crippen LogP contribution in [-0.2, 0) is 0 Å². The summed E-state index contributed by atoms with van der Waals surface area (Å²) in [4.78, 5) is 0. The molecule has 0 amide bonds. The number of rotatable bonds is 8. The first kappa shape index (κ1) is 22.9. The van der Waals surface area contributed by atoms with Gasteiger partial charge < -0.3 is 0 Å². The monoisotopic (exact) mass is 406 g/mol. The highest BCUT2D eigenvalue weighted by Crippen LogP contribution is 2.21. The number of benzene rings is 2. The van der Waals surface area contributed by atoms with Gasteiger partial charge in [0.2, 0.25) is 0 Å². The molecule has 0 aromatic heterocycles. The molecule has 0 bridgehead atoms. The molecule has 0 saturated heterocycles. The van der Waals surface area contributed by atoms with Gasteiger partial charge >= 0.3 is 0 Å². The van der Waals surface area contributed by atoms with E-state index in [4.69, 9.17) is 0 Å². The quantitative estimate of drug-likeness (QED) is 0.330. The third-order valence-electron chi connectivity index (χ3n) is 5.44. The van der Waals surface area contributed by atoms with E-state index in [-0.39, 0.29) is 0 Å². The first-order valence-corrected chi connectivity index (χ1v) is 14.1. The number of hydrogen-bond acceptors (Lipinski definition) is 0. The van der Waals surface area contributed by atoms with Crippen molar-refractivity contribution in [2.75, 3.05) is 0 Å². The van der Waals surface area contributed by atoms with Crippen LogP contribution in [0.2, 0.25) is 22.2 Å². The zero-order valence-electron chi connectivity index (χ0n) is 19.1.